The van der Waals surface area contributed by atoms with Crippen LogP contribution in [0.3, 0.4) is 0 Å². The molecule has 20 heavy (non-hydrogen) atoms. The van der Waals surface area contributed by atoms with Gasteiger partial charge in [-0.1, -0.05) is 58.9 Å². The number of aromatic nitrogens is 1. The van der Waals surface area contributed by atoms with Crippen LogP contribution in [0.5, 0.6) is 0 Å². The molecule has 1 aliphatic rings. The molecule has 2 aromatic rings. The first-order valence-corrected chi connectivity index (χ1v) is 8.03. The smallest absolute Gasteiger partial charge is 0.175 e. The van der Waals surface area contributed by atoms with Gasteiger partial charge < -0.3 is 10.3 Å². The Morgan fingerprint density at radius 2 is 1.90 bits per heavy atom. The highest BCUT2D eigenvalue weighted by Crippen LogP contribution is 2.34. The summed E-state index contributed by atoms with van der Waals surface area (Å²) in [5, 5.41) is 3.95. The second-order valence-corrected chi connectivity index (χ2v) is 6.48. The normalized spacial score (nSPS) is 15.8. The summed E-state index contributed by atoms with van der Waals surface area (Å²) in [6, 6.07) is 8.13. The van der Waals surface area contributed by atoms with Crippen molar-refractivity contribution in [2.45, 2.75) is 38.5 Å². The summed E-state index contributed by atoms with van der Waals surface area (Å²) in [7, 11) is 0. The lowest BCUT2D eigenvalue weighted by Crippen LogP contribution is -1.97. The van der Waals surface area contributed by atoms with Crippen LogP contribution >= 0.6 is 15.9 Å². The molecule has 1 aromatic heterocycles. The first-order chi connectivity index (χ1) is 9.74. The average Bonchev–Trinajstić information content (AvgIpc) is 3.07. The van der Waals surface area contributed by atoms with Crippen molar-refractivity contribution in [3.63, 3.8) is 0 Å². The lowest BCUT2D eigenvalue weighted by molar-refractivity contribution is 0.370. The van der Waals surface area contributed by atoms with Crippen LogP contribution in [0.15, 0.2) is 33.3 Å². The van der Waals surface area contributed by atoms with E-state index in [-0.39, 0.29) is 0 Å². The molecule has 0 amide bonds. The zero-order valence-corrected chi connectivity index (χ0v) is 13.0. The van der Waals surface area contributed by atoms with Gasteiger partial charge in [0.2, 0.25) is 0 Å². The zero-order valence-electron chi connectivity index (χ0n) is 11.4. The van der Waals surface area contributed by atoms with Crippen molar-refractivity contribution in [2.24, 2.45) is 5.92 Å². The van der Waals surface area contributed by atoms with E-state index in [0.717, 1.165) is 33.7 Å². The Bertz CT molecular complexity index is 571. The Kier molecular flexibility index (Phi) is 4.10. The molecule has 3 rings (SSSR count). The molecule has 0 aliphatic heterocycles. The summed E-state index contributed by atoms with van der Waals surface area (Å²) in [6.45, 7) is 0. The van der Waals surface area contributed by atoms with Crippen LogP contribution in [0, 0.1) is 5.92 Å². The summed E-state index contributed by atoms with van der Waals surface area (Å²) < 4.78 is 6.51. The van der Waals surface area contributed by atoms with Gasteiger partial charge in [0.25, 0.3) is 0 Å². The highest BCUT2D eigenvalue weighted by Gasteiger charge is 2.19. The molecule has 2 N–H and O–H groups in total. The van der Waals surface area contributed by atoms with Gasteiger partial charge in [-0.2, -0.15) is 0 Å². The van der Waals surface area contributed by atoms with Crippen molar-refractivity contribution in [3.05, 3.63) is 34.5 Å². The molecule has 1 aromatic carbocycles. The highest BCUT2D eigenvalue weighted by atomic mass is 79.9. The van der Waals surface area contributed by atoms with E-state index >= 15 is 0 Å². The summed E-state index contributed by atoms with van der Waals surface area (Å²) in [4.78, 5) is 0. The Labute approximate surface area is 127 Å². The Hall–Kier alpha value is -1.29. The van der Waals surface area contributed by atoms with E-state index in [1.54, 1.807) is 0 Å². The van der Waals surface area contributed by atoms with Gasteiger partial charge in [-0.05, 0) is 30.0 Å². The van der Waals surface area contributed by atoms with Gasteiger partial charge in [0.1, 0.15) is 5.76 Å². The van der Waals surface area contributed by atoms with Crippen molar-refractivity contribution in [3.8, 4) is 11.1 Å². The number of benzene rings is 1. The Balaban J connectivity index is 1.79. The van der Waals surface area contributed by atoms with E-state index in [1.165, 1.54) is 32.1 Å². The van der Waals surface area contributed by atoms with Crippen molar-refractivity contribution in [2.75, 3.05) is 5.73 Å². The minimum absolute atomic E-state index is 0.494. The van der Waals surface area contributed by atoms with Crippen LogP contribution < -0.4 is 5.73 Å². The van der Waals surface area contributed by atoms with Crippen molar-refractivity contribution >= 4 is 21.7 Å². The Morgan fingerprint density at radius 1 is 1.20 bits per heavy atom. The van der Waals surface area contributed by atoms with Gasteiger partial charge in [-0.15, -0.1) is 0 Å². The molecule has 3 nitrogen and oxygen atoms in total. The maximum atomic E-state index is 5.98. The van der Waals surface area contributed by atoms with E-state index in [4.69, 9.17) is 10.3 Å². The second-order valence-electron chi connectivity index (χ2n) is 5.56. The largest absolute Gasteiger partial charge is 0.380 e. The molecular formula is C16H19BrN2O. The molecule has 4 heteroatoms. The minimum Gasteiger partial charge on any atom is -0.380 e. The number of hydrogen-bond donors (Lipinski definition) is 1. The van der Waals surface area contributed by atoms with Gasteiger partial charge in [0.05, 0.1) is 5.56 Å². The van der Waals surface area contributed by atoms with Gasteiger partial charge in [-0.3, -0.25) is 0 Å². The molecule has 0 spiro atoms. The van der Waals surface area contributed by atoms with Crippen molar-refractivity contribution < 1.29 is 4.52 Å². The van der Waals surface area contributed by atoms with Crippen LogP contribution in [0.25, 0.3) is 11.1 Å². The molecule has 1 aliphatic carbocycles. The molecular weight excluding hydrogens is 316 g/mol. The monoisotopic (exact) mass is 334 g/mol. The SMILES string of the molecule is Nc1noc(CCC2CCCC2)c1-c1ccc(Br)cc1. The van der Waals surface area contributed by atoms with Crippen LogP contribution in [0.1, 0.15) is 37.9 Å². The molecule has 0 unspecified atom stereocenters. The summed E-state index contributed by atoms with van der Waals surface area (Å²) in [6.07, 6.45) is 7.58. The molecule has 0 radical (unpaired) electrons. The summed E-state index contributed by atoms with van der Waals surface area (Å²) in [5.41, 5.74) is 8.02. The number of hydrogen-bond acceptors (Lipinski definition) is 3. The van der Waals surface area contributed by atoms with E-state index in [1.807, 2.05) is 24.3 Å². The lowest BCUT2D eigenvalue weighted by atomic mass is 9.97. The Morgan fingerprint density at radius 3 is 2.60 bits per heavy atom. The fourth-order valence-corrected chi connectivity index (χ4v) is 3.33. The zero-order chi connectivity index (χ0) is 13.9. The molecule has 1 saturated carbocycles. The fraction of sp³-hybridized carbons (Fsp3) is 0.438. The van der Waals surface area contributed by atoms with Gasteiger partial charge in [-0.25, -0.2) is 0 Å². The molecule has 0 saturated heterocycles. The second kappa shape index (κ2) is 6.00. The topological polar surface area (TPSA) is 52.0 Å². The molecule has 0 atom stereocenters. The first kappa shape index (κ1) is 13.7. The van der Waals surface area contributed by atoms with Crippen LogP contribution in [-0.2, 0) is 6.42 Å². The van der Waals surface area contributed by atoms with E-state index in [0.29, 0.717) is 5.82 Å². The van der Waals surface area contributed by atoms with Crippen LogP contribution in [-0.4, -0.2) is 5.16 Å². The maximum absolute atomic E-state index is 5.98. The quantitative estimate of drug-likeness (QED) is 0.872. The number of nitrogen functional groups attached to an aromatic ring is 1. The number of nitrogens with two attached hydrogens (primary N) is 1. The first-order valence-electron chi connectivity index (χ1n) is 7.24. The third-order valence-corrected chi connectivity index (χ3v) is 4.71. The average molecular weight is 335 g/mol. The van der Waals surface area contributed by atoms with Gasteiger partial charge in [0.15, 0.2) is 5.82 Å². The number of anilines is 1. The van der Waals surface area contributed by atoms with E-state index in [9.17, 15) is 0 Å². The predicted molar refractivity (Wildman–Crippen MR) is 84.3 cm³/mol. The number of rotatable bonds is 4. The lowest BCUT2D eigenvalue weighted by Gasteiger charge is -2.08. The molecule has 1 heterocycles. The third kappa shape index (κ3) is 2.90. The third-order valence-electron chi connectivity index (χ3n) is 4.18. The van der Waals surface area contributed by atoms with E-state index < -0.39 is 0 Å². The van der Waals surface area contributed by atoms with Gasteiger partial charge >= 0.3 is 0 Å². The van der Waals surface area contributed by atoms with Crippen LogP contribution in [0.2, 0.25) is 0 Å². The molecule has 106 valence electrons. The number of nitrogens with zero attached hydrogens (tertiary/aromatic N) is 1. The molecule has 0 bridgehead atoms. The number of halogens is 1. The highest BCUT2D eigenvalue weighted by molar-refractivity contribution is 9.10. The summed E-state index contributed by atoms with van der Waals surface area (Å²) in [5.74, 6) is 2.27. The standard InChI is InChI=1S/C16H19BrN2O/c17-13-8-6-12(7-9-13)15-14(20-19-16(15)18)10-5-11-3-1-2-4-11/h6-9,11H,1-5,10H2,(H2,18,19). The van der Waals surface area contributed by atoms with Crippen LogP contribution in [0.4, 0.5) is 5.82 Å². The van der Waals surface area contributed by atoms with Crippen molar-refractivity contribution in [1.82, 2.24) is 5.16 Å². The van der Waals surface area contributed by atoms with Gasteiger partial charge in [0, 0.05) is 10.9 Å². The molecule has 1 fully saturated rings. The van der Waals surface area contributed by atoms with E-state index in [2.05, 4.69) is 21.1 Å². The minimum atomic E-state index is 0.494. The predicted octanol–water partition coefficient (Wildman–Crippen LogP) is 4.81. The summed E-state index contributed by atoms with van der Waals surface area (Å²) >= 11 is 3.45. The maximum Gasteiger partial charge on any atom is 0.175 e. The number of aryl methyl sites for hydroxylation is 1. The fourth-order valence-electron chi connectivity index (χ4n) is 3.07. The van der Waals surface area contributed by atoms with Crippen molar-refractivity contribution in [1.29, 1.82) is 0 Å².